The van der Waals surface area contributed by atoms with Crippen LogP contribution in [0.1, 0.15) is 38.7 Å². The van der Waals surface area contributed by atoms with Crippen molar-refractivity contribution in [3.8, 4) is 0 Å². The Labute approximate surface area is 252 Å². The van der Waals surface area contributed by atoms with E-state index in [9.17, 15) is 22.8 Å². The van der Waals surface area contributed by atoms with Gasteiger partial charge in [0.2, 0.25) is 11.7 Å². The Morgan fingerprint density at radius 2 is 1.55 bits per heavy atom. The molecule has 0 aliphatic carbocycles. The van der Waals surface area contributed by atoms with E-state index >= 15 is 0 Å². The highest BCUT2D eigenvalue weighted by molar-refractivity contribution is 7.90. The molecule has 2 aromatic carbocycles. The molecule has 12 nitrogen and oxygen atoms in total. The lowest BCUT2D eigenvalue weighted by atomic mass is 10.0. The number of fused-ring (bicyclic) bond motifs is 1. The summed E-state index contributed by atoms with van der Waals surface area (Å²) in [7, 11) is -3.95. The maximum Gasteiger partial charge on any atom is 0.272 e. The lowest BCUT2D eigenvalue weighted by molar-refractivity contribution is -0.123. The fourth-order valence-electron chi connectivity index (χ4n) is 4.51. The van der Waals surface area contributed by atoms with Crippen LogP contribution in [0.2, 0.25) is 0 Å². The van der Waals surface area contributed by atoms with Gasteiger partial charge in [-0.1, -0.05) is 48.5 Å². The minimum atomic E-state index is -3.95. The van der Waals surface area contributed by atoms with E-state index in [1.807, 2.05) is 30.3 Å². The van der Waals surface area contributed by atoms with Gasteiger partial charge in [0.15, 0.2) is 15.4 Å². The van der Waals surface area contributed by atoms with E-state index in [1.165, 1.54) is 31.0 Å². The first-order chi connectivity index (χ1) is 21.3. The van der Waals surface area contributed by atoms with Crippen LogP contribution in [-0.2, 0) is 26.8 Å². The third-order valence-corrected chi connectivity index (χ3v) is 8.26. The van der Waals surface area contributed by atoms with Crippen molar-refractivity contribution in [1.82, 2.24) is 30.6 Å². The predicted molar refractivity (Wildman–Crippen MR) is 160 cm³/mol. The summed E-state index contributed by atoms with van der Waals surface area (Å²) in [6, 6.07) is 16.7. The van der Waals surface area contributed by atoms with Crippen LogP contribution >= 0.6 is 0 Å². The summed E-state index contributed by atoms with van der Waals surface area (Å²) < 4.78 is 32.1. The van der Waals surface area contributed by atoms with Crippen molar-refractivity contribution >= 4 is 38.5 Å². The molecule has 0 fully saturated rings. The summed E-state index contributed by atoms with van der Waals surface area (Å²) in [5.41, 5.74) is 2.10. The summed E-state index contributed by atoms with van der Waals surface area (Å²) in [6.07, 6.45) is 7.33. The van der Waals surface area contributed by atoms with Gasteiger partial charge in [0, 0.05) is 24.8 Å². The first kappa shape index (κ1) is 30.2. The Balaban J connectivity index is 1.41. The molecule has 2 N–H and O–H groups in total. The lowest BCUT2D eigenvalue weighted by Gasteiger charge is -2.22. The third-order valence-electron chi connectivity index (χ3n) is 6.65. The highest BCUT2D eigenvalue weighted by atomic mass is 32.2. The molecule has 224 valence electrons. The zero-order valence-corrected chi connectivity index (χ0v) is 24.2. The van der Waals surface area contributed by atoms with Crippen LogP contribution in [0.5, 0.6) is 0 Å². The van der Waals surface area contributed by atoms with Crippen molar-refractivity contribution in [2.24, 2.45) is 0 Å². The van der Waals surface area contributed by atoms with Crippen LogP contribution in [0.4, 0.5) is 0 Å². The number of carbonyl (C=O) groups is 3. The third kappa shape index (κ3) is 7.95. The van der Waals surface area contributed by atoms with Crippen LogP contribution in [0.15, 0.2) is 102 Å². The molecule has 0 spiro atoms. The van der Waals surface area contributed by atoms with Gasteiger partial charge in [0.05, 0.1) is 23.7 Å². The predicted octanol–water partition coefficient (Wildman–Crippen LogP) is 2.73. The average Bonchev–Trinajstić information content (AvgIpc) is 3.48. The SMILES string of the molecule is O=C(N[C@@H](CS(=O)(=O)Cc1cccnc1)C(=O)N[C@@H](CCc1ccccc1)C(=O)c1nc2ccccc2o1)c1cnccn1. The Morgan fingerprint density at radius 1 is 0.795 bits per heavy atom. The highest BCUT2D eigenvalue weighted by Crippen LogP contribution is 2.18. The largest absolute Gasteiger partial charge is 0.434 e. The number of para-hydroxylation sites is 2. The smallest absolute Gasteiger partial charge is 0.272 e. The van der Waals surface area contributed by atoms with Crippen molar-refractivity contribution in [1.29, 1.82) is 0 Å². The molecular formula is C31H28N6O6S. The van der Waals surface area contributed by atoms with Gasteiger partial charge in [0.1, 0.15) is 17.3 Å². The van der Waals surface area contributed by atoms with Crippen LogP contribution in [0.3, 0.4) is 0 Å². The molecule has 0 bridgehead atoms. The van der Waals surface area contributed by atoms with E-state index in [0.717, 1.165) is 5.56 Å². The quantitative estimate of drug-likeness (QED) is 0.188. The number of amides is 2. The van der Waals surface area contributed by atoms with Crippen molar-refractivity contribution in [3.63, 3.8) is 0 Å². The Morgan fingerprint density at radius 3 is 2.27 bits per heavy atom. The van der Waals surface area contributed by atoms with Gasteiger partial charge in [-0.25, -0.2) is 18.4 Å². The number of rotatable bonds is 13. The van der Waals surface area contributed by atoms with Crippen LogP contribution in [-0.4, -0.2) is 63.8 Å². The lowest BCUT2D eigenvalue weighted by Crippen LogP contribution is -2.54. The first-order valence-corrected chi connectivity index (χ1v) is 15.5. The maximum absolute atomic E-state index is 13.7. The van der Waals surface area contributed by atoms with E-state index in [0.29, 0.717) is 23.1 Å². The van der Waals surface area contributed by atoms with Gasteiger partial charge in [0.25, 0.3) is 11.8 Å². The number of benzene rings is 2. The highest BCUT2D eigenvalue weighted by Gasteiger charge is 2.33. The van der Waals surface area contributed by atoms with E-state index in [1.54, 1.807) is 36.4 Å². The number of aryl methyl sites for hydroxylation is 1. The van der Waals surface area contributed by atoms with E-state index in [-0.39, 0.29) is 18.0 Å². The van der Waals surface area contributed by atoms with Gasteiger partial charge < -0.3 is 15.1 Å². The number of aromatic nitrogens is 4. The normalized spacial score (nSPS) is 12.7. The van der Waals surface area contributed by atoms with Crippen molar-refractivity contribution < 1.29 is 27.2 Å². The molecule has 0 aliphatic rings. The summed E-state index contributed by atoms with van der Waals surface area (Å²) >= 11 is 0. The number of oxazole rings is 1. The van der Waals surface area contributed by atoms with Crippen LogP contribution in [0, 0.1) is 0 Å². The van der Waals surface area contributed by atoms with E-state index < -0.39 is 51.0 Å². The number of hydrogen-bond donors (Lipinski definition) is 2. The first-order valence-electron chi connectivity index (χ1n) is 13.7. The minimum Gasteiger partial charge on any atom is -0.434 e. The summed E-state index contributed by atoms with van der Waals surface area (Å²) in [5.74, 6) is -3.63. The zero-order chi connectivity index (χ0) is 30.9. The van der Waals surface area contributed by atoms with Crippen molar-refractivity contribution in [3.05, 3.63) is 120 Å². The molecule has 5 aromatic rings. The number of pyridine rings is 1. The molecular weight excluding hydrogens is 584 g/mol. The second-order valence-corrected chi connectivity index (χ2v) is 12.1. The average molecular weight is 613 g/mol. The molecule has 13 heteroatoms. The molecule has 44 heavy (non-hydrogen) atoms. The summed E-state index contributed by atoms with van der Waals surface area (Å²) in [4.78, 5) is 56.4. The maximum atomic E-state index is 13.7. The molecule has 0 saturated heterocycles. The number of carbonyl (C=O) groups excluding carboxylic acids is 3. The van der Waals surface area contributed by atoms with Gasteiger partial charge >= 0.3 is 0 Å². The van der Waals surface area contributed by atoms with Gasteiger partial charge in [-0.05, 0) is 42.2 Å². The van der Waals surface area contributed by atoms with Crippen LogP contribution < -0.4 is 10.6 Å². The molecule has 3 aromatic heterocycles. The molecule has 2 amide bonds. The zero-order valence-electron chi connectivity index (χ0n) is 23.4. The molecule has 2 atom stereocenters. The van der Waals surface area contributed by atoms with Crippen LogP contribution in [0.25, 0.3) is 11.1 Å². The van der Waals surface area contributed by atoms with Crippen molar-refractivity contribution in [2.45, 2.75) is 30.7 Å². The summed E-state index contributed by atoms with van der Waals surface area (Å²) in [6.45, 7) is 0. The Bertz CT molecular complexity index is 1820. The molecule has 5 rings (SSSR count). The second-order valence-electron chi connectivity index (χ2n) is 9.97. The molecule has 3 heterocycles. The fraction of sp³-hybridized carbons (Fsp3) is 0.194. The number of ketones is 1. The number of nitrogens with zero attached hydrogens (tertiary/aromatic N) is 4. The minimum absolute atomic E-state index is 0.113. The summed E-state index contributed by atoms with van der Waals surface area (Å²) in [5, 5.41) is 5.11. The van der Waals surface area contributed by atoms with Crippen molar-refractivity contribution in [2.75, 3.05) is 5.75 Å². The molecule has 0 saturated carbocycles. The number of hydrogen-bond acceptors (Lipinski definition) is 10. The monoisotopic (exact) mass is 612 g/mol. The Kier molecular flexibility index (Phi) is 9.45. The van der Waals surface area contributed by atoms with E-state index in [4.69, 9.17) is 4.42 Å². The van der Waals surface area contributed by atoms with E-state index in [2.05, 4.69) is 30.6 Å². The number of sulfone groups is 1. The van der Waals surface area contributed by atoms with Gasteiger partial charge in [-0.3, -0.25) is 24.4 Å². The molecule has 0 unspecified atom stereocenters. The standard InChI is InChI=1S/C31H28N6O6S/c38-28(31-37-23-10-4-5-11-27(23)43-31)24(13-12-21-7-2-1-3-8-21)35-30(40)26(36-29(39)25-18-33-15-16-34-25)20-44(41,42)19-22-9-6-14-32-17-22/h1-11,14-18,24,26H,12-13,19-20H2,(H,35,40)(H,36,39)/t24-,26-/m0/s1. The molecule has 0 radical (unpaired) electrons. The Hall–Kier alpha value is -5.30. The van der Waals surface area contributed by atoms with Gasteiger partial charge in [-0.15, -0.1) is 0 Å². The second kappa shape index (κ2) is 13.8. The van der Waals surface area contributed by atoms with Gasteiger partial charge in [-0.2, -0.15) is 0 Å². The molecule has 0 aliphatic heterocycles. The number of Topliss-reactive ketones (excluding diaryl/α,β-unsaturated/α-hetero) is 1. The topological polar surface area (TPSA) is 174 Å². The fourth-order valence-corrected chi connectivity index (χ4v) is 6.04. The number of nitrogens with one attached hydrogen (secondary N) is 2.